The highest BCUT2D eigenvalue weighted by molar-refractivity contribution is 5.37. The fourth-order valence-corrected chi connectivity index (χ4v) is 2.38. The molecule has 0 spiro atoms. The van der Waals surface area contributed by atoms with Gasteiger partial charge >= 0.3 is 0 Å². The summed E-state index contributed by atoms with van der Waals surface area (Å²) in [5.74, 6) is -0.187. The Morgan fingerprint density at radius 2 is 2.14 bits per heavy atom. The van der Waals surface area contributed by atoms with Crippen LogP contribution < -0.4 is 0 Å². The molecule has 14 heavy (non-hydrogen) atoms. The lowest BCUT2D eigenvalue weighted by Gasteiger charge is -2.35. The third-order valence-electron chi connectivity index (χ3n) is 3.00. The van der Waals surface area contributed by atoms with Gasteiger partial charge in [0.1, 0.15) is 5.82 Å². The van der Waals surface area contributed by atoms with Gasteiger partial charge in [0.25, 0.3) is 0 Å². The molecule has 0 bridgehead atoms. The van der Waals surface area contributed by atoms with E-state index >= 15 is 0 Å². The van der Waals surface area contributed by atoms with Crippen LogP contribution in [0.15, 0.2) is 18.2 Å². The Labute approximate surface area is 83.6 Å². The lowest BCUT2D eigenvalue weighted by atomic mass is 9.71. The molecule has 1 atom stereocenters. The summed E-state index contributed by atoms with van der Waals surface area (Å²) in [7, 11) is 0. The fraction of sp³-hybridized carbons (Fsp3) is 0.500. The van der Waals surface area contributed by atoms with Gasteiger partial charge in [-0.1, -0.05) is 19.9 Å². The fourth-order valence-electron chi connectivity index (χ4n) is 2.38. The van der Waals surface area contributed by atoms with E-state index in [4.69, 9.17) is 0 Å². The van der Waals surface area contributed by atoms with Crippen LogP contribution in [0, 0.1) is 5.82 Å². The molecule has 1 N–H and O–H groups in total. The van der Waals surface area contributed by atoms with E-state index in [2.05, 4.69) is 0 Å². The van der Waals surface area contributed by atoms with Crippen LogP contribution in [0.25, 0.3) is 0 Å². The number of aliphatic hydroxyl groups is 1. The summed E-state index contributed by atoms with van der Waals surface area (Å²) in [4.78, 5) is 0. The molecule has 1 aromatic rings. The summed E-state index contributed by atoms with van der Waals surface area (Å²) in [5, 5.41) is 9.67. The summed E-state index contributed by atoms with van der Waals surface area (Å²) in [6.07, 6.45) is 1.07. The molecule has 0 aliphatic heterocycles. The molecule has 0 saturated heterocycles. The quantitative estimate of drug-likeness (QED) is 0.672. The maximum atomic E-state index is 13.1. The molecule has 1 aromatic carbocycles. The van der Waals surface area contributed by atoms with Crippen molar-refractivity contribution in [1.29, 1.82) is 0 Å². The van der Waals surface area contributed by atoms with Gasteiger partial charge in [0.15, 0.2) is 0 Å². The number of hydrogen-bond donors (Lipinski definition) is 1. The number of aliphatic hydroxyl groups excluding tert-OH is 1. The van der Waals surface area contributed by atoms with Crippen LogP contribution in [0.3, 0.4) is 0 Å². The van der Waals surface area contributed by atoms with Crippen molar-refractivity contribution in [2.24, 2.45) is 0 Å². The SMILES string of the molecule is CC1(C)C[C@@H](O)Cc2ccc(F)cc21. The van der Waals surface area contributed by atoms with Gasteiger partial charge in [-0.15, -0.1) is 0 Å². The van der Waals surface area contributed by atoms with Crippen molar-refractivity contribution < 1.29 is 9.50 Å². The minimum Gasteiger partial charge on any atom is -0.393 e. The van der Waals surface area contributed by atoms with Crippen molar-refractivity contribution >= 4 is 0 Å². The molecule has 0 heterocycles. The molecule has 0 unspecified atom stereocenters. The summed E-state index contributed by atoms with van der Waals surface area (Å²) >= 11 is 0. The lowest BCUT2D eigenvalue weighted by Crippen LogP contribution is -2.32. The van der Waals surface area contributed by atoms with E-state index < -0.39 is 0 Å². The Balaban J connectivity index is 2.53. The van der Waals surface area contributed by atoms with Gasteiger partial charge in [-0.05, 0) is 41.5 Å². The number of fused-ring (bicyclic) bond motifs is 1. The number of hydrogen-bond acceptors (Lipinski definition) is 1. The standard InChI is InChI=1S/C12H15FO/c1-12(2)7-10(14)5-8-3-4-9(13)6-11(8)12/h3-4,6,10,14H,5,7H2,1-2H3/t10-/m0/s1. The molecule has 0 aromatic heterocycles. The maximum Gasteiger partial charge on any atom is 0.123 e. The molecule has 2 rings (SSSR count). The zero-order valence-corrected chi connectivity index (χ0v) is 8.55. The van der Waals surface area contributed by atoms with Crippen molar-refractivity contribution in [2.45, 2.75) is 38.2 Å². The molecule has 1 aliphatic carbocycles. The van der Waals surface area contributed by atoms with E-state index in [1.165, 1.54) is 6.07 Å². The van der Waals surface area contributed by atoms with Crippen molar-refractivity contribution in [3.63, 3.8) is 0 Å². The first-order chi connectivity index (χ1) is 6.49. The Bertz CT molecular complexity index is 357. The predicted octanol–water partition coefficient (Wildman–Crippen LogP) is 2.41. The smallest absolute Gasteiger partial charge is 0.123 e. The van der Waals surface area contributed by atoms with E-state index in [0.717, 1.165) is 11.1 Å². The molecule has 1 nitrogen and oxygen atoms in total. The largest absolute Gasteiger partial charge is 0.393 e. The number of benzene rings is 1. The van der Waals surface area contributed by atoms with Gasteiger partial charge in [0.2, 0.25) is 0 Å². The minimum absolute atomic E-state index is 0.116. The van der Waals surface area contributed by atoms with Crippen LogP contribution >= 0.6 is 0 Å². The normalized spacial score (nSPS) is 24.4. The van der Waals surface area contributed by atoms with Gasteiger partial charge < -0.3 is 5.11 Å². The number of halogens is 1. The Hall–Kier alpha value is -0.890. The van der Waals surface area contributed by atoms with Crippen LogP contribution in [0.2, 0.25) is 0 Å². The molecule has 0 radical (unpaired) electrons. The average Bonchev–Trinajstić information content (AvgIpc) is 2.05. The summed E-state index contributed by atoms with van der Waals surface area (Å²) in [6, 6.07) is 4.85. The second-order valence-electron chi connectivity index (χ2n) is 4.75. The van der Waals surface area contributed by atoms with Crippen LogP contribution in [0.5, 0.6) is 0 Å². The van der Waals surface area contributed by atoms with Crippen LogP contribution in [-0.2, 0) is 11.8 Å². The second kappa shape index (κ2) is 3.06. The zero-order chi connectivity index (χ0) is 10.3. The molecule has 2 heteroatoms. The van der Waals surface area contributed by atoms with Gasteiger partial charge in [-0.25, -0.2) is 4.39 Å². The third-order valence-corrected chi connectivity index (χ3v) is 3.00. The highest BCUT2D eigenvalue weighted by Crippen LogP contribution is 2.36. The van der Waals surface area contributed by atoms with Gasteiger partial charge in [-0.3, -0.25) is 0 Å². The first-order valence-electron chi connectivity index (χ1n) is 4.96. The summed E-state index contributed by atoms with van der Waals surface area (Å²) < 4.78 is 13.1. The second-order valence-corrected chi connectivity index (χ2v) is 4.75. The highest BCUT2D eigenvalue weighted by Gasteiger charge is 2.32. The first kappa shape index (κ1) is 9.66. The van der Waals surface area contributed by atoms with Gasteiger partial charge in [0.05, 0.1) is 6.10 Å². The van der Waals surface area contributed by atoms with Crippen molar-refractivity contribution in [2.75, 3.05) is 0 Å². The van der Waals surface area contributed by atoms with Gasteiger partial charge in [-0.2, -0.15) is 0 Å². The minimum atomic E-state index is -0.289. The summed E-state index contributed by atoms with van der Waals surface area (Å²) in [5.41, 5.74) is 2.01. The molecule has 1 aliphatic rings. The Morgan fingerprint density at radius 3 is 2.86 bits per heavy atom. The van der Waals surface area contributed by atoms with Crippen LogP contribution in [-0.4, -0.2) is 11.2 Å². The molecule has 76 valence electrons. The zero-order valence-electron chi connectivity index (χ0n) is 8.55. The maximum absolute atomic E-state index is 13.1. The van der Waals surface area contributed by atoms with Gasteiger partial charge in [0, 0.05) is 0 Å². The van der Waals surface area contributed by atoms with Crippen molar-refractivity contribution in [3.8, 4) is 0 Å². The average molecular weight is 194 g/mol. The number of rotatable bonds is 0. The summed E-state index contributed by atoms with van der Waals surface area (Å²) in [6.45, 7) is 4.10. The van der Waals surface area contributed by atoms with Crippen molar-refractivity contribution in [1.82, 2.24) is 0 Å². The Morgan fingerprint density at radius 1 is 1.43 bits per heavy atom. The van der Waals surface area contributed by atoms with Crippen LogP contribution in [0.1, 0.15) is 31.4 Å². The highest BCUT2D eigenvalue weighted by atomic mass is 19.1. The predicted molar refractivity (Wildman–Crippen MR) is 53.8 cm³/mol. The molecular weight excluding hydrogens is 179 g/mol. The van der Waals surface area contributed by atoms with E-state index in [-0.39, 0.29) is 17.3 Å². The van der Waals surface area contributed by atoms with Crippen LogP contribution in [0.4, 0.5) is 4.39 Å². The van der Waals surface area contributed by atoms with E-state index in [9.17, 15) is 9.50 Å². The molecule has 0 saturated carbocycles. The van der Waals surface area contributed by atoms with Crippen molar-refractivity contribution in [3.05, 3.63) is 35.1 Å². The van der Waals surface area contributed by atoms with E-state index in [1.807, 2.05) is 13.8 Å². The van der Waals surface area contributed by atoms with E-state index in [1.54, 1.807) is 12.1 Å². The molecule has 0 fully saturated rings. The molecule has 0 amide bonds. The molecular formula is C12H15FO. The lowest BCUT2D eigenvalue weighted by molar-refractivity contribution is 0.127. The Kier molecular flexibility index (Phi) is 2.11. The monoisotopic (exact) mass is 194 g/mol. The third kappa shape index (κ3) is 1.55. The topological polar surface area (TPSA) is 20.2 Å². The van der Waals surface area contributed by atoms with E-state index in [0.29, 0.717) is 12.8 Å². The first-order valence-corrected chi connectivity index (χ1v) is 4.96.